The van der Waals surface area contributed by atoms with E-state index in [1.165, 1.54) is 17.9 Å². The van der Waals surface area contributed by atoms with Gasteiger partial charge < -0.3 is 10.1 Å². The third kappa shape index (κ3) is 5.75. The van der Waals surface area contributed by atoms with E-state index < -0.39 is 21.7 Å². The Morgan fingerprint density at radius 3 is 2.66 bits per heavy atom. The summed E-state index contributed by atoms with van der Waals surface area (Å²) in [7, 11) is -2.75. The Labute approximate surface area is 225 Å². The number of amides is 2. The van der Waals surface area contributed by atoms with Crippen molar-refractivity contribution in [2.24, 2.45) is 0 Å². The molecule has 0 unspecified atom stereocenters. The molecule has 2 aromatic heterocycles. The SMILES string of the molecule is COc1cc(-c2ccc3c(c2NC(=O)NS(=O)(=O)c2cnc(=O)n(C(C)C)c2)CCC3)ccn1.[NaH]. The molecule has 0 spiro atoms. The predicted molar refractivity (Wildman–Crippen MR) is 134 cm³/mol. The maximum absolute atomic E-state index is 12.9. The summed E-state index contributed by atoms with van der Waals surface area (Å²) in [6.45, 7) is 3.45. The second-order valence-corrected chi connectivity index (χ2v) is 9.88. The van der Waals surface area contributed by atoms with Crippen molar-refractivity contribution < 1.29 is 17.9 Å². The molecule has 0 fully saturated rings. The van der Waals surface area contributed by atoms with Crippen molar-refractivity contribution in [2.45, 2.75) is 44.0 Å². The molecule has 1 aliphatic carbocycles. The molecule has 180 valence electrons. The van der Waals surface area contributed by atoms with E-state index >= 15 is 0 Å². The molecule has 2 amide bonds. The molecule has 0 aliphatic heterocycles. The zero-order valence-corrected chi connectivity index (χ0v) is 19.8. The third-order valence-corrected chi connectivity index (χ3v) is 6.95. The van der Waals surface area contributed by atoms with Crippen LogP contribution in [0.4, 0.5) is 10.5 Å². The first-order valence-corrected chi connectivity index (χ1v) is 12.2. The minimum absolute atomic E-state index is 0. The molecular formula is C23H26N5NaO5S. The molecule has 12 heteroatoms. The summed E-state index contributed by atoms with van der Waals surface area (Å²) in [6, 6.07) is 6.24. The van der Waals surface area contributed by atoms with Crippen LogP contribution in [0.5, 0.6) is 5.88 Å². The fourth-order valence-electron chi connectivity index (χ4n) is 3.98. The van der Waals surface area contributed by atoms with Crippen LogP contribution in [-0.2, 0) is 22.9 Å². The van der Waals surface area contributed by atoms with E-state index in [9.17, 15) is 18.0 Å². The summed E-state index contributed by atoms with van der Waals surface area (Å²) in [5, 5.41) is 2.74. The second-order valence-electron chi connectivity index (χ2n) is 8.20. The molecule has 0 bridgehead atoms. The van der Waals surface area contributed by atoms with Gasteiger partial charge in [-0.15, -0.1) is 0 Å². The minimum atomic E-state index is -4.27. The Bertz CT molecular complexity index is 1420. The van der Waals surface area contributed by atoms with Gasteiger partial charge in [0.15, 0.2) is 0 Å². The Hall–Kier alpha value is -2.73. The van der Waals surface area contributed by atoms with Crippen LogP contribution in [0.3, 0.4) is 0 Å². The van der Waals surface area contributed by atoms with E-state index in [4.69, 9.17) is 4.74 Å². The second kappa shape index (κ2) is 10.9. The fraction of sp³-hybridized carbons (Fsp3) is 0.304. The summed E-state index contributed by atoms with van der Waals surface area (Å²) in [6.07, 6.45) is 6.29. The van der Waals surface area contributed by atoms with E-state index in [0.717, 1.165) is 47.7 Å². The predicted octanol–water partition coefficient (Wildman–Crippen LogP) is 2.25. The normalized spacial score (nSPS) is 12.6. The van der Waals surface area contributed by atoms with Crippen molar-refractivity contribution in [3.8, 4) is 17.0 Å². The van der Waals surface area contributed by atoms with Crippen LogP contribution in [0.15, 0.2) is 52.5 Å². The van der Waals surface area contributed by atoms with Crippen LogP contribution in [-0.4, -0.2) is 65.7 Å². The number of benzene rings is 1. The molecule has 4 rings (SSSR count). The van der Waals surface area contributed by atoms with E-state index in [2.05, 4.69) is 15.3 Å². The molecule has 35 heavy (non-hydrogen) atoms. The van der Waals surface area contributed by atoms with Gasteiger partial charge in [0.2, 0.25) is 5.88 Å². The van der Waals surface area contributed by atoms with E-state index in [0.29, 0.717) is 11.6 Å². The molecule has 2 heterocycles. The summed E-state index contributed by atoms with van der Waals surface area (Å²) < 4.78 is 34.1. The van der Waals surface area contributed by atoms with Crippen LogP contribution in [0.25, 0.3) is 11.1 Å². The number of nitrogens with one attached hydrogen (secondary N) is 2. The van der Waals surface area contributed by atoms with Gasteiger partial charge >= 0.3 is 41.3 Å². The van der Waals surface area contributed by atoms with Crippen molar-refractivity contribution in [1.29, 1.82) is 0 Å². The fourth-order valence-corrected chi connectivity index (χ4v) is 4.83. The summed E-state index contributed by atoms with van der Waals surface area (Å²) >= 11 is 0. The molecule has 0 radical (unpaired) electrons. The Kier molecular flexibility index (Phi) is 8.37. The first kappa shape index (κ1) is 26.9. The third-order valence-electron chi connectivity index (χ3n) is 5.66. The molecule has 3 aromatic rings. The number of aryl methyl sites for hydroxylation is 1. The molecule has 10 nitrogen and oxygen atoms in total. The molecule has 0 saturated carbocycles. The summed E-state index contributed by atoms with van der Waals surface area (Å²) in [5.74, 6) is 0.420. The van der Waals surface area contributed by atoms with Crippen LogP contribution in [0.1, 0.15) is 37.4 Å². The first-order chi connectivity index (χ1) is 16.2. The van der Waals surface area contributed by atoms with Crippen LogP contribution in [0.2, 0.25) is 0 Å². The molecule has 2 N–H and O–H groups in total. The van der Waals surface area contributed by atoms with Gasteiger partial charge in [-0.3, -0.25) is 4.57 Å². The van der Waals surface area contributed by atoms with Crippen molar-refractivity contribution in [3.63, 3.8) is 0 Å². The number of methoxy groups -OCH3 is 1. The number of ether oxygens (including phenoxy) is 1. The first-order valence-electron chi connectivity index (χ1n) is 10.8. The molecule has 0 atom stereocenters. The van der Waals surface area contributed by atoms with Crippen LogP contribution < -0.4 is 20.5 Å². The number of rotatable bonds is 6. The number of sulfonamides is 1. The van der Waals surface area contributed by atoms with Gasteiger partial charge in [-0.05, 0) is 55.9 Å². The topological polar surface area (TPSA) is 132 Å². The van der Waals surface area contributed by atoms with E-state index in [-0.39, 0.29) is 40.5 Å². The van der Waals surface area contributed by atoms with E-state index in [1.807, 2.05) is 16.9 Å². The van der Waals surface area contributed by atoms with Gasteiger partial charge in [0.25, 0.3) is 10.0 Å². The summed E-state index contributed by atoms with van der Waals surface area (Å²) in [4.78, 5) is 32.2. The van der Waals surface area contributed by atoms with Crippen molar-refractivity contribution in [1.82, 2.24) is 19.3 Å². The number of hydrogen-bond donors (Lipinski definition) is 2. The monoisotopic (exact) mass is 507 g/mol. The van der Waals surface area contributed by atoms with E-state index in [1.54, 1.807) is 32.2 Å². The standard InChI is InChI=1S/C23H25N5O5S.Na.H/c1-14(2)28-13-17(12-25-23(28)30)34(31,32)27-22(29)26-21-18-6-4-5-15(18)7-8-19(21)16-9-10-24-20(11-16)33-3;;/h7-14H,4-6H2,1-3H3,(H2,26,27,29);;. The number of carbonyl (C=O) groups is 1. The average molecular weight is 508 g/mol. The molecule has 1 aliphatic rings. The average Bonchev–Trinajstić information content (AvgIpc) is 3.28. The van der Waals surface area contributed by atoms with Crippen molar-refractivity contribution in [3.05, 3.63) is 64.5 Å². The Morgan fingerprint density at radius 2 is 1.94 bits per heavy atom. The number of carbonyl (C=O) groups excluding carboxylic acids is 1. The molecule has 1 aromatic carbocycles. The number of fused-ring (bicyclic) bond motifs is 1. The van der Waals surface area contributed by atoms with Gasteiger partial charge in [0, 0.05) is 30.1 Å². The van der Waals surface area contributed by atoms with Crippen molar-refractivity contribution in [2.75, 3.05) is 12.4 Å². The Balaban J connectivity index is 0.00000342. The van der Waals surface area contributed by atoms with Crippen LogP contribution in [0, 0.1) is 0 Å². The van der Waals surface area contributed by atoms with Gasteiger partial charge in [0.1, 0.15) is 4.90 Å². The molecular weight excluding hydrogens is 481 g/mol. The Morgan fingerprint density at radius 1 is 1.17 bits per heavy atom. The zero-order chi connectivity index (χ0) is 24.5. The quantitative estimate of drug-likeness (QED) is 0.489. The van der Waals surface area contributed by atoms with Gasteiger partial charge in [-0.1, -0.05) is 12.1 Å². The number of aromatic nitrogens is 3. The number of nitrogens with zero attached hydrogens (tertiary/aromatic N) is 3. The number of urea groups is 1. The van der Waals surface area contributed by atoms with Gasteiger partial charge in [0.05, 0.1) is 19.0 Å². The number of pyridine rings is 1. The number of anilines is 1. The van der Waals surface area contributed by atoms with Gasteiger partial charge in [-0.25, -0.2) is 32.7 Å². The maximum atomic E-state index is 12.9. The molecule has 0 saturated heterocycles. The van der Waals surface area contributed by atoms with Gasteiger partial charge in [-0.2, -0.15) is 0 Å². The zero-order valence-electron chi connectivity index (χ0n) is 19.0. The summed E-state index contributed by atoms with van der Waals surface area (Å²) in [5.41, 5.74) is 3.54. The van der Waals surface area contributed by atoms with Crippen molar-refractivity contribution >= 4 is 51.3 Å². The number of hydrogen-bond acceptors (Lipinski definition) is 7. The van der Waals surface area contributed by atoms with Crippen LogP contribution >= 0.6 is 0 Å².